The molecule has 0 spiro atoms. The fourth-order valence-corrected chi connectivity index (χ4v) is 2.36. The van der Waals surface area contributed by atoms with Gasteiger partial charge in [0, 0.05) is 12.1 Å². The molecule has 0 bridgehead atoms. The molecule has 12 heavy (non-hydrogen) atoms. The molecule has 1 rings (SSSR count). The van der Waals surface area contributed by atoms with Gasteiger partial charge in [-0.3, -0.25) is 0 Å². The van der Waals surface area contributed by atoms with E-state index in [0.29, 0.717) is 6.04 Å². The van der Waals surface area contributed by atoms with Gasteiger partial charge in [0.1, 0.15) is 0 Å². The van der Waals surface area contributed by atoms with E-state index < -0.39 is 10.0 Å². The SMILES string of the molecule is CC1CC(NS(C)(=O)=O)CCN1. The Labute approximate surface area is 73.8 Å². The van der Waals surface area contributed by atoms with Crippen LogP contribution >= 0.6 is 0 Å². The molecule has 0 aromatic heterocycles. The highest BCUT2D eigenvalue weighted by molar-refractivity contribution is 7.88. The van der Waals surface area contributed by atoms with E-state index in [1.54, 1.807) is 0 Å². The topological polar surface area (TPSA) is 58.2 Å². The predicted octanol–water partition coefficient (Wildman–Crippen LogP) is -0.324. The van der Waals surface area contributed by atoms with Crippen LogP contribution in [-0.4, -0.2) is 33.3 Å². The number of piperidine rings is 1. The second-order valence-corrected chi connectivity index (χ2v) is 5.25. The van der Waals surface area contributed by atoms with Gasteiger partial charge in [0.2, 0.25) is 10.0 Å². The minimum Gasteiger partial charge on any atom is -0.314 e. The zero-order valence-electron chi connectivity index (χ0n) is 7.50. The Kier molecular flexibility index (Phi) is 3.09. The van der Waals surface area contributed by atoms with Gasteiger partial charge >= 0.3 is 0 Å². The van der Waals surface area contributed by atoms with Crippen molar-refractivity contribution in [1.82, 2.24) is 10.0 Å². The Hall–Kier alpha value is -0.130. The molecule has 4 nitrogen and oxygen atoms in total. The van der Waals surface area contributed by atoms with Gasteiger partial charge in [-0.1, -0.05) is 0 Å². The van der Waals surface area contributed by atoms with Crippen LogP contribution < -0.4 is 10.0 Å². The number of rotatable bonds is 2. The summed E-state index contributed by atoms with van der Waals surface area (Å²) in [4.78, 5) is 0. The molecule has 1 aliphatic heterocycles. The molecule has 1 fully saturated rings. The summed E-state index contributed by atoms with van der Waals surface area (Å²) in [5.41, 5.74) is 0. The molecule has 2 N–H and O–H groups in total. The van der Waals surface area contributed by atoms with Gasteiger partial charge < -0.3 is 5.32 Å². The highest BCUT2D eigenvalue weighted by Gasteiger charge is 2.20. The molecular weight excluding hydrogens is 176 g/mol. The lowest BCUT2D eigenvalue weighted by molar-refractivity contribution is 0.362. The maximum atomic E-state index is 10.9. The van der Waals surface area contributed by atoms with Crippen LogP contribution in [0.1, 0.15) is 19.8 Å². The average molecular weight is 192 g/mol. The van der Waals surface area contributed by atoms with Gasteiger partial charge in [-0.15, -0.1) is 0 Å². The maximum Gasteiger partial charge on any atom is 0.208 e. The highest BCUT2D eigenvalue weighted by atomic mass is 32.2. The minimum atomic E-state index is -3.02. The lowest BCUT2D eigenvalue weighted by atomic mass is 10.0. The van der Waals surface area contributed by atoms with Crippen LogP contribution in [0.15, 0.2) is 0 Å². The van der Waals surface area contributed by atoms with Crippen molar-refractivity contribution < 1.29 is 8.42 Å². The minimum absolute atomic E-state index is 0.122. The van der Waals surface area contributed by atoms with E-state index in [4.69, 9.17) is 0 Å². The van der Waals surface area contributed by atoms with Crippen LogP contribution in [0.5, 0.6) is 0 Å². The Morgan fingerprint density at radius 3 is 2.67 bits per heavy atom. The third kappa shape index (κ3) is 3.51. The number of hydrogen-bond acceptors (Lipinski definition) is 3. The highest BCUT2D eigenvalue weighted by Crippen LogP contribution is 2.08. The van der Waals surface area contributed by atoms with Crippen LogP contribution in [0, 0.1) is 0 Å². The summed E-state index contributed by atoms with van der Waals surface area (Å²) in [5.74, 6) is 0. The second kappa shape index (κ2) is 3.72. The van der Waals surface area contributed by atoms with Crippen molar-refractivity contribution in [2.75, 3.05) is 12.8 Å². The van der Waals surface area contributed by atoms with Crippen LogP contribution in [0.4, 0.5) is 0 Å². The summed E-state index contributed by atoms with van der Waals surface area (Å²) in [6.45, 7) is 2.96. The average Bonchev–Trinajstić information content (AvgIpc) is 1.82. The van der Waals surface area contributed by atoms with Crippen LogP contribution in [0.3, 0.4) is 0 Å². The van der Waals surface area contributed by atoms with E-state index in [0.717, 1.165) is 19.4 Å². The van der Waals surface area contributed by atoms with E-state index in [-0.39, 0.29) is 6.04 Å². The zero-order chi connectivity index (χ0) is 9.19. The largest absolute Gasteiger partial charge is 0.314 e. The first-order valence-corrected chi connectivity index (χ1v) is 6.07. The van der Waals surface area contributed by atoms with Crippen molar-refractivity contribution in [2.24, 2.45) is 0 Å². The maximum absolute atomic E-state index is 10.9. The first kappa shape index (κ1) is 9.95. The molecule has 5 heteroatoms. The van der Waals surface area contributed by atoms with Gasteiger partial charge in [0.15, 0.2) is 0 Å². The molecule has 0 aliphatic carbocycles. The van der Waals surface area contributed by atoms with E-state index >= 15 is 0 Å². The Bertz CT molecular complexity index is 238. The van der Waals surface area contributed by atoms with Crippen LogP contribution in [-0.2, 0) is 10.0 Å². The normalized spacial score (nSPS) is 31.8. The molecule has 1 aliphatic rings. The smallest absolute Gasteiger partial charge is 0.208 e. The summed E-state index contributed by atoms with van der Waals surface area (Å²) in [6, 6.07) is 0.536. The number of sulfonamides is 1. The van der Waals surface area contributed by atoms with Gasteiger partial charge in [-0.2, -0.15) is 0 Å². The fourth-order valence-electron chi connectivity index (χ4n) is 1.54. The number of nitrogens with one attached hydrogen (secondary N) is 2. The molecule has 0 aromatic rings. The summed E-state index contributed by atoms with van der Waals surface area (Å²) < 4.78 is 24.4. The Morgan fingerprint density at radius 2 is 2.17 bits per heavy atom. The molecule has 0 radical (unpaired) electrons. The summed E-state index contributed by atoms with van der Waals surface area (Å²) >= 11 is 0. The van der Waals surface area contributed by atoms with Crippen LogP contribution in [0.2, 0.25) is 0 Å². The zero-order valence-corrected chi connectivity index (χ0v) is 8.32. The van der Waals surface area contributed by atoms with Crippen molar-refractivity contribution in [3.63, 3.8) is 0 Å². The Morgan fingerprint density at radius 1 is 1.50 bits per heavy atom. The molecule has 0 aromatic carbocycles. The summed E-state index contributed by atoms with van der Waals surface area (Å²) in [6.07, 6.45) is 2.98. The number of hydrogen-bond donors (Lipinski definition) is 2. The van der Waals surface area contributed by atoms with Gasteiger partial charge in [0.25, 0.3) is 0 Å². The Balaban J connectivity index is 2.43. The summed E-state index contributed by atoms with van der Waals surface area (Å²) in [7, 11) is -3.02. The summed E-state index contributed by atoms with van der Waals surface area (Å²) in [5, 5.41) is 3.26. The molecular formula is C7H16N2O2S. The van der Waals surface area contributed by atoms with Crippen molar-refractivity contribution >= 4 is 10.0 Å². The predicted molar refractivity (Wildman–Crippen MR) is 48.5 cm³/mol. The van der Waals surface area contributed by atoms with E-state index in [1.165, 1.54) is 6.26 Å². The molecule has 2 atom stereocenters. The van der Waals surface area contributed by atoms with Crippen LogP contribution in [0.25, 0.3) is 0 Å². The van der Waals surface area contributed by atoms with E-state index in [9.17, 15) is 8.42 Å². The first-order chi connectivity index (χ1) is 5.47. The monoisotopic (exact) mass is 192 g/mol. The molecule has 1 heterocycles. The van der Waals surface area contributed by atoms with Gasteiger partial charge in [0.05, 0.1) is 6.26 Å². The standard InChI is InChI=1S/C7H16N2O2S/c1-6-5-7(3-4-8-6)9-12(2,10)11/h6-9H,3-5H2,1-2H3. The lowest BCUT2D eigenvalue weighted by Crippen LogP contribution is -2.46. The lowest BCUT2D eigenvalue weighted by Gasteiger charge is -2.27. The molecule has 0 saturated carbocycles. The van der Waals surface area contributed by atoms with Gasteiger partial charge in [-0.05, 0) is 26.3 Å². The van der Waals surface area contributed by atoms with Gasteiger partial charge in [-0.25, -0.2) is 13.1 Å². The third-order valence-electron chi connectivity index (χ3n) is 2.00. The molecule has 2 unspecified atom stereocenters. The van der Waals surface area contributed by atoms with Crippen molar-refractivity contribution in [3.8, 4) is 0 Å². The van der Waals surface area contributed by atoms with E-state index in [2.05, 4.69) is 17.0 Å². The third-order valence-corrected chi connectivity index (χ3v) is 2.77. The fraction of sp³-hybridized carbons (Fsp3) is 1.00. The molecule has 1 saturated heterocycles. The first-order valence-electron chi connectivity index (χ1n) is 4.18. The van der Waals surface area contributed by atoms with Crippen molar-refractivity contribution in [1.29, 1.82) is 0 Å². The van der Waals surface area contributed by atoms with E-state index in [1.807, 2.05) is 0 Å². The second-order valence-electron chi connectivity index (χ2n) is 3.47. The van der Waals surface area contributed by atoms with Crippen molar-refractivity contribution in [2.45, 2.75) is 31.8 Å². The quantitative estimate of drug-likeness (QED) is 0.630. The molecule has 0 amide bonds. The van der Waals surface area contributed by atoms with Crippen molar-refractivity contribution in [3.05, 3.63) is 0 Å². The molecule has 72 valence electrons.